The maximum absolute atomic E-state index is 13.4. The molecule has 188 valence electrons. The van der Waals surface area contributed by atoms with Crippen LogP contribution in [0, 0.1) is 11.8 Å². The van der Waals surface area contributed by atoms with E-state index >= 15 is 0 Å². The molecule has 3 saturated heterocycles. The summed E-state index contributed by atoms with van der Waals surface area (Å²) in [6.07, 6.45) is 2.51. The van der Waals surface area contributed by atoms with Gasteiger partial charge < -0.3 is 24.6 Å². The second kappa shape index (κ2) is 10.8. The van der Waals surface area contributed by atoms with Crippen LogP contribution in [0.3, 0.4) is 0 Å². The molecule has 0 spiro atoms. The monoisotopic (exact) mass is 479 g/mol. The van der Waals surface area contributed by atoms with Crippen molar-refractivity contribution in [3.05, 3.63) is 71.3 Å². The van der Waals surface area contributed by atoms with Gasteiger partial charge in [0.2, 0.25) is 5.91 Å². The van der Waals surface area contributed by atoms with Crippen molar-refractivity contribution >= 4 is 5.91 Å². The third kappa shape index (κ3) is 5.31. The van der Waals surface area contributed by atoms with Gasteiger partial charge >= 0.3 is 0 Å². The van der Waals surface area contributed by atoms with E-state index in [2.05, 4.69) is 31.3 Å². The third-order valence-electron chi connectivity index (χ3n) is 8.05. The second-order valence-corrected chi connectivity index (χ2v) is 10.4. The molecule has 35 heavy (non-hydrogen) atoms. The molecule has 3 unspecified atom stereocenters. The van der Waals surface area contributed by atoms with Crippen LogP contribution in [0.5, 0.6) is 0 Å². The summed E-state index contributed by atoms with van der Waals surface area (Å²) in [5.41, 5.74) is 2.88. The number of aliphatic hydroxyl groups excluding tert-OH is 1. The molecule has 6 nitrogen and oxygen atoms in total. The van der Waals surface area contributed by atoms with Crippen molar-refractivity contribution in [1.82, 2.24) is 5.32 Å². The average Bonchev–Trinajstić information content (AvgIpc) is 3.66. The van der Waals surface area contributed by atoms with Crippen LogP contribution in [0.2, 0.25) is 0 Å². The van der Waals surface area contributed by atoms with Crippen molar-refractivity contribution in [3.8, 4) is 0 Å². The van der Waals surface area contributed by atoms with Crippen LogP contribution >= 0.6 is 0 Å². The van der Waals surface area contributed by atoms with Crippen molar-refractivity contribution in [3.63, 3.8) is 0 Å². The minimum absolute atomic E-state index is 0.0298. The number of benzene rings is 2. The van der Waals surface area contributed by atoms with E-state index in [-0.39, 0.29) is 41.9 Å². The van der Waals surface area contributed by atoms with E-state index < -0.39 is 12.4 Å². The van der Waals surface area contributed by atoms with E-state index in [1.807, 2.05) is 42.5 Å². The molecule has 7 atom stereocenters. The molecule has 0 saturated carbocycles. The number of amides is 1. The van der Waals surface area contributed by atoms with Gasteiger partial charge in [-0.1, -0.05) is 68.4 Å². The smallest absolute Gasteiger partial charge is 0.226 e. The Labute approximate surface area is 208 Å². The summed E-state index contributed by atoms with van der Waals surface area (Å²) >= 11 is 0. The molecule has 3 aliphatic heterocycles. The normalized spacial score (nSPS) is 27.5. The van der Waals surface area contributed by atoms with E-state index in [0.29, 0.717) is 19.6 Å². The van der Waals surface area contributed by atoms with Crippen LogP contribution in [-0.2, 0) is 19.0 Å². The Bertz CT molecular complexity index is 992. The van der Waals surface area contributed by atoms with Crippen LogP contribution in [0.15, 0.2) is 54.6 Å². The Morgan fingerprint density at radius 2 is 1.74 bits per heavy atom. The van der Waals surface area contributed by atoms with Gasteiger partial charge in [0, 0.05) is 17.5 Å². The Kier molecular flexibility index (Phi) is 7.54. The lowest BCUT2D eigenvalue weighted by Crippen LogP contribution is -2.47. The highest BCUT2D eigenvalue weighted by atomic mass is 16.7. The summed E-state index contributed by atoms with van der Waals surface area (Å²) in [7, 11) is 0. The summed E-state index contributed by atoms with van der Waals surface area (Å²) in [6.45, 7) is 5.40. The topological polar surface area (TPSA) is 77.0 Å². The van der Waals surface area contributed by atoms with Gasteiger partial charge in [0.1, 0.15) is 0 Å². The van der Waals surface area contributed by atoms with Gasteiger partial charge in [0.05, 0.1) is 37.4 Å². The Morgan fingerprint density at radius 3 is 2.43 bits per heavy atom. The van der Waals surface area contributed by atoms with E-state index in [0.717, 1.165) is 30.4 Å². The number of rotatable bonds is 9. The summed E-state index contributed by atoms with van der Waals surface area (Å²) in [5, 5.41) is 14.7. The molecule has 2 N–H and O–H groups in total. The van der Waals surface area contributed by atoms with Gasteiger partial charge in [0.15, 0.2) is 6.29 Å². The number of hydrogen-bond donors (Lipinski definition) is 2. The van der Waals surface area contributed by atoms with Gasteiger partial charge in [-0.15, -0.1) is 0 Å². The number of carbonyl (C=O) groups excluding carboxylic acids is 1. The fourth-order valence-corrected chi connectivity index (χ4v) is 6.10. The minimum Gasteiger partial charge on any atom is -0.388 e. The third-order valence-corrected chi connectivity index (χ3v) is 8.05. The first-order valence-electron chi connectivity index (χ1n) is 13.0. The molecular formula is C29H37NO5. The number of aliphatic hydroxyl groups is 1. The van der Waals surface area contributed by atoms with Gasteiger partial charge in [0.25, 0.3) is 0 Å². The summed E-state index contributed by atoms with van der Waals surface area (Å²) in [4.78, 5) is 13.4. The molecule has 3 heterocycles. The molecule has 2 bridgehead atoms. The van der Waals surface area contributed by atoms with E-state index in [9.17, 15) is 9.90 Å². The van der Waals surface area contributed by atoms with Gasteiger partial charge in [-0.05, 0) is 42.7 Å². The van der Waals surface area contributed by atoms with Crippen molar-refractivity contribution in [2.24, 2.45) is 11.8 Å². The molecule has 1 amide bonds. The van der Waals surface area contributed by atoms with Crippen molar-refractivity contribution < 1.29 is 24.1 Å². The molecule has 0 radical (unpaired) electrons. The maximum Gasteiger partial charge on any atom is 0.226 e. The lowest BCUT2D eigenvalue weighted by molar-refractivity contribution is -0.127. The Morgan fingerprint density at radius 1 is 1.03 bits per heavy atom. The number of nitrogens with one attached hydrogen (secondary N) is 1. The van der Waals surface area contributed by atoms with Crippen molar-refractivity contribution in [2.75, 3.05) is 13.2 Å². The zero-order valence-electron chi connectivity index (χ0n) is 20.6. The molecule has 6 heteroatoms. The second-order valence-electron chi connectivity index (χ2n) is 10.4. The van der Waals surface area contributed by atoms with Gasteiger partial charge in [-0.2, -0.15) is 0 Å². The number of hydrogen-bond acceptors (Lipinski definition) is 5. The molecule has 3 aliphatic rings. The molecule has 5 rings (SSSR count). The van der Waals surface area contributed by atoms with Crippen LogP contribution in [0.25, 0.3) is 0 Å². The first kappa shape index (κ1) is 24.4. The number of carbonyl (C=O) groups is 1. The van der Waals surface area contributed by atoms with Crippen LogP contribution in [0.4, 0.5) is 0 Å². The minimum atomic E-state index is -0.692. The van der Waals surface area contributed by atoms with E-state index in [1.54, 1.807) is 0 Å². The number of fused-ring (bicyclic) bond motifs is 2. The highest BCUT2D eigenvalue weighted by molar-refractivity contribution is 5.80. The summed E-state index contributed by atoms with van der Waals surface area (Å²) < 4.78 is 17.4. The molecule has 0 aromatic heterocycles. The SMILES string of the molecule is CC(c1ccccc1)[C@H](NC(=O)C1C[C@@H]2CCC1O2)[C@H](C)C[C@H](O)c1ccccc1C1OCCO1. The predicted octanol–water partition coefficient (Wildman–Crippen LogP) is 4.65. The molecule has 3 fully saturated rings. The van der Waals surface area contributed by atoms with Gasteiger partial charge in [-0.3, -0.25) is 4.79 Å². The lowest BCUT2D eigenvalue weighted by atomic mass is 9.81. The summed E-state index contributed by atoms with van der Waals surface area (Å²) in [6, 6.07) is 17.9. The zero-order chi connectivity index (χ0) is 24.4. The maximum atomic E-state index is 13.4. The van der Waals surface area contributed by atoms with E-state index in [1.165, 1.54) is 5.56 Å². The molecule has 2 aromatic rings. The number of ether oxygens (including phenoxy) is 3. The van der Waals surface area contributed by atoms with Crippen LogP contribution < -0.4 is 5.32 Å². The van der Waals surface area contributed by atoms with Crippen molar-refractivity contribution in [2.45, 2.75) is 76.1 Å². The predicted molar refractivity (Wildman–Crippen MR) is 133 cm³/mol. The first-order valence-corrected chi connectivity index (χ1v) is 13.0. The Hall–Kier alpha value is -2.25. The molecule has 2 aromatic carbocycles. The highest BCUT2D eigenvalue weighted by Crippen LogP contribution is 2.40. The lowest BCUT2D eigenvalue weighted by Gasteiger charge is -2.34. The van der Waals surface area contributed by atoms with Crippen LogP contribution in [-0.4, -0.2) is 42.5 Å². The largest absolute Gasteiger partial charge is 0.388 e. The van der Waals surface area contributed by atoms with Crippen LogP contribution in [0.1, 0.15) is 74.5 Å². The quantitative estimate of drug-likeness (QED) is 0.548. The van der Waals surface area contributed by atoms with E-state index in [4.69, 9.17) is 14.2 Å². The van der Waals surface area contributed by atoms with Crippen molar-refractivity contribution in [1.29, 1.82) is 0 Å². The molecular weight excluding hydrogens is 442 g/mol. The highest BCUT2D eigenvalue weighted by Gasteiger charge is 2.45. The first-order chi connectivity index (χ1) is 17.0. The average molecular weight is 480 g/mol. The summed E-state index contributed by atoms with van der Waals surface area (Å²) in [5.74, 6) is 0.133. The zero-order valence-corrected chi connectivity index (χ0v) is 20.6. The fraction of sp³-hybridized carbons (Fsp3) is 0.552. The standard InChI is InChI=1S/C29H37NO5/c1-18(16-25(31)22-10-6-7-11-23(22)29-33-14-15-34-29)27(19(2)20-8-4-3-5-9-20)30-28(32)24-17-21-12-13-26(24)35-21/h3-11,18-19,21,24-27,29,31H,12-17H2,1-2H3,(H,30,32)/t18-,19?,21+,24?,25+,26?,27-/m1/s1. The van der Waals surface area contributed by atoms with Gasteiger partial charge in [-0.25, -0.2) is 0 Å². The fourth-order valence-electron chi connectivity index (χ4n) is 6.10. The molecule has 0 aliphatic carbocycles. The Balaban J connectivity index is 1.33.